The van der Waals surface area contributed by atoms with Gasteiger partial charge in [-0.1, -0.05) is 19.1 Å². The molecule has 1 heterocycles. The lowest BCUT2D eigenvalue weighted by atomic mass is 10.0. The highest BCUT2D eigenvalue weighted by molar-refractivity contribution is 9.10. The second kappa shape index (κ2) is 7.71. The van der Waals surface area contributed by atoms with Gasteiger partial charge in [0.1, 0.15) is 5.82 Å². The van der Waals surface area contributed by atoms with Crippen LogP contribution in [0, 0.1) is 5.82 Å². The summed E-state index contributed by atoms with van der Waals surface area (Å²) in [5.41, 5.74) is 2.11. The van der Waals surface area contributed by atoms with E-state index in [0.29, 0.717) is 0 Å². The predicted molar refractivity (Wildman–Crippen MR) is 86.7 cm³/mol. The third-order valence-electron chi connectivity index (χ3n) is 3.43. The van der Waals surface area contributed by atoms with Crippen LogP contribution >= 0.6 is 15.9 Å². The highest BCUT2D eigenvalue weighted by Crippen LogP contribution is 2.26. The topological polar surface area (TPSA) is 29.9 Å². The van der Waals surface area contributed by atoms with Crippen molar-refractivity contribution in [3.05, 3.63) is 52.0 Å². The van der Waals surface area contributed by atoms with Gasteiger partial charge in [0.2, 0.25) is 0 Å². The monoisotopic (exact) mass is 353 g/mol. The highest BCUT2D eigenvalue weighted by atomic mass is 79.9. The van der Waals surface area contributed by atoms with Crippen LogP contribution in [0.1, 0.15) is 37.6 Å². The van der Waals surface area contributed by atoms with Gasteiger partial charge in [0.25, 0.3) is 0 Å². The molecule has 0 radical (unpaired) electrons. The van der Waals surface area contributed by atoms with Crippen LogP contribution in [0.5, 0.6) is 0 Å². The van der Waals surface area contributed by atoms with Crippen molar-refractivity contribution < 1.29 is 4.39 Å². The van der Waals surface area contributed by atoms with Gasteiger partial charge in [-0.3, -0.25) is 4.68 Å². The van der Waals surface area contributed by atoms with Crippen LogP contribution in [0.3, 0.4) is 0 Å². The third kappa shape index (κ3) is 4.14. The minimum atomic E-state index is -0.190. The Morgan fingerprint density at radius 3 is 2.86 bits per heavy atom. The molecular formula is C16H21BrFN3. The van der Waals surface area contributed by atoms with E-state index in [1.54, 1.807) is 12.1 Å². The van der Waals surface area contributed by atoms with Gasteiger partial charge in [-0.15, -0.1) is 0 Å². The fraction of sp³-hybridized carbons (Fsp3) is 0.438. The summed E-state index contributed by atoms with van der Waals surface area (Å²) in [6.07, 6.45) is 3.62. The Labute approximate surface area is 133 Å². The van der Waals surface area contributed by atoms with E-state index in [1.165, 1.54) is 6.07 Å². The maximum atomic E-state index is 13.4. The lowest BCUT2D eigenvalue weighted by molar-refractivity contribution is 0.476. The minimum Gasteiger partial charge on any atom is -0.308 e. The van der Waals surface area contributed by atoms with Gasteiger partial charge in [0, 0.05) is 6.54 Å². The first-order chi connectivity index (χ1) is 10.2. The van der Waals surface area contributed by atoms with Crippen molar-refractivity contribution >= 4 is 15.9 Å². The first-order valence-electron chi connectivity index (χ1n) is 7.34. The zero-order chi connectivity index (χ0) is 15.2. The van der Waals surface area contributed by atoms with E-state index < -0.39 is 0 Å². The molecule has 0 spiro atoms. The van der Waals surface area contributed by atoms with Crippen molar-refractivity contribution in [1.29, 1.82) is 0 Å². The van der Waals surface area contributed by atoms with Gasteiger partial charge in [-0.05, 0) is 59.9 Å². The Morgan fingerprint density at radius 1 is 1.38 bits per heavy atom. The summed E-state index contributed by atoms with van der Waals surface area (Å²) in [7, 11) is 0. The zero-order valence-corrected chi connectivity index (χ0v) is 14.0. The number of rotatable bonds is 7. The molecule has 1 aromatic heterocycles. The van der Waals surface area contributed by atoms with Crippen molar-refractivity contribution in [3.63, 3.8) is 0 Å². The van der Waals surface area contributed by atoms with Gasteiger partial charge in [-0.25, -0.2) is 4.39 Å². The number of nitrogens with one attached hydrogen (secondary N) is 1. The second-order valence-electron chi connectivity index (χ2n) is 5.03. The normalized spacial score (nSPS) is 12.6. The molecule has 3 nitrogen and oxygen atoms in total. The van der Waals surface area contributed by atoms with Crippen LogP contribution in [0.2, 0.25) is 0 Å². The maximum absolute atomic E-state index is 13.4. The summed E-state index contributed by atoms with van der Waals surface area (Å²) in [6, 6.07) is 6.91. The van der Waals surface area contributed by atoms with Crippen molar-refractivity contribution in [2.75, 3.05) is 6.54 Å². The number of hydrogen-bond donors (Lipinski definition) is 1. The Morgan fingerprint density at radius 2 is 2.19 bits per heavy atom. The number of nitrogens with zero attached hydrogens (tertiary/aromatic N) is 2. The summed E-state index contributed by atoms with van der Waals surface area (Å²) in [5, 5.41) is 7.92. The van der Waals surface area contributed by atoms with Crippen LogP contribution in [0.15, 0.2) is 34.9 Å². The maximum Gasteiger partial charge on any atom is 0.123 e. The molecule has 1 N–H and O–H groups in total. The number of aryl methyl sites for hydroxylation is 1. The molecule has 5 heteroatoms. The largest absolute Gasteiger partial charge is 0.308 e. The molecule has 1 atom stereocenters. The molecule has 0 fully saturated rings. The molecule has 0 aliphatic heterocycles. The van der Waals surface area contributed by atoms with Crippen molar-refractivity contribution in [2.45, 2.75) is 39.3 Å². The number of halogens is 2. The molecule has 0 saturated heterocycles. The second-order valence-corrected chi connectivity index (χ2v) is 5.89. The fourth-order valence-corrected chi connectivity index (χ4v) is 3.03. The van der Waals surface area contributed by atoms with E-state index in [0.717, 1.165) is 41.7 Å². The van der Waals surface area contributed by atoms with Crippen molar-refractivity contribution in [2.24, 2.45) is 0 Å². The van der Waals surface area contributed by atoms with E-state index in [4.69, 9.17) is 0 Å². The fourth-order valence-electron chi connectivity index (χ4n) is 2.45. The predicted octanol–water partition coefficient (Wildman–Crippen LogP) is 4.09. The van der Waals surface area contributed by atoms with Crippen LogP contribution in [0.4, 0.5) is 4.39 Å². The van der Waals surface area contributed by atoms with E-state index in [1.807, 2.05) is 16.9 Å². The van der Waals surface area contributed by atoms with E-state index in [2.05, 4.69) is 40.2 Å². The van der Waals surface area contributed by atoms with Crippen molar-refractivity contribution in [3.8, 4) is 0 Å². The molecule has 1 unspecified atom stereocenters. The molecule has 0 aliphatic carbocycles. The number of benzene rings is 1. The van der Waals surface area contributed by atoms with E-state index in [-0.39, 0.29) is 11.9 Å². The quantitative estimate of drug-likeness (QED) is 0.812. The van der Waals surface area contributed by atoms with Crippen LogP contribution < -0.4 is 5.32 Å². The molecule has 2 aromatic rings. The zero-order valence-electron chi connectivity index (χ0n) is 12.4. The Balaban J connectivity index is 2.27. The van der Waals surface area contributed by atoms with E-state index >= 15 is 0 Å². The molecule has 21 heavy (non-hydrogen) atoms. The van der Waals surface area contributed by atoms with Crippen LogP contribution in [-0.4, -0.2) is 16.3 Å². The van der Waals surface area contributed by atoms with Crippen LogP contribution in [0.25, 0.3) is 0 Å². The average Bonchev–Trinajstić information content (AvgIpc) is 2.84. The third-order valence-corrected chi connectivity index (χ3v) is 4.04. The van der Waals surface area contributed by atoms with Gasteiger partial charge in [0.15, 0.2) is 0 Å². The van der Waals surface area contributed by atoms with Gasteiger partial charge < -0.3 is 5.32 Å². The average molecular weight is 354 g/mol. The highest BCUT2D eigenvalue weighted by Gasteiger charge is 2.19. The molecule has 114 valence electrons. The summed E-state index contributed by atoms with van der Waals surface area (Å²) in [4.78, 5) is 0. The number of hydrogen-bond acceptors (Lipinski definition) is 2. The number of aromatic nitrogens is 2. The van der Waals surface area contributed by atoms with Gasteiger partial charge >= 0.3 is 0 Å². The van der Waals surface area contributed by atoms with Crippen molar-refractivity contribution in [1.82, 2.24) is 15.1 Å². The SMILES string of the molecule is CCCNC(Cc1cccc(F)c1)c1c(Br)cnn1CC. The molecule has 0 bridgehead atoms. The summed E-state index contributed by atoms with van der Waals surface area (Å²) in [5.74, 6) is -0.190. The molecule has 0 aliphatic rings. The Kier molecular flexibility index (Phi) is 5.94. The summed E-state index contributed by atoms with van der Waals surface area (Å²) >= 11 is 3.58. The molecule has 0 saturated carbocycles. The molecule has 2 rings (SSSR count). The lowest BCUT2D eigenvalue weighted by Crippen LogP contribution is -2.27. The molecule has 1 aromatic carbocycles. The van der Waals surface area contributed by atoms with Gasteiger partial charge in [-0.2, -0.15) is 5.10 Å². The summed E-state index contributed by atoms with van der Waals surface area (Å²) in [6.45, 7) is 5.94. The summed E-state index contributed by atoms with van der Waals surface area (Å²) < 4.78 is 16.4. The first-order valence-corrected chi connectivity index (χ1v) is 8.14. The van der Waals surface area contributed by atoms with Crippen LogP contribution in [-0.2, 0) is 13.0 Å². The first kappa shape index (κ1) is 16.2. The lowest BCUT2D eigenvalue weighted by Gasteiger charge is -2.20. The van der Waals surface area contributed by atoms with Gasteiger partial charge in [0.05, 0.1) is 22.4 Å². The Bertz CT molecular complexity index is 583. The Hall–Kier alpha value is -1.20. The standard InChI is InChI=1S/C16H21BrFN3/c1-3-8-19-15(10-12-6-5-7-13(18)9-12)16-14(17)11-20-21(16)4-2/h5-7,9,11,15,19H,3-4,8,10H2,1-2H3. The van der Waals surface area contributed by atoms with E-state index in [9.17, 15) is 4.39 Å². The molecule has 0 amide bonds. The molecular weight excluding hydrogens is 333 g/mol. The minimum absolute atomic E-state index is 0.114. The smallest absolute Gasteiger partial charge is 0.123 e.